The Labute approximate surface area is 136 Å². The Hall–Kier alpha value is -2.31. The van der Waals surface area contributed by atoms with Gasteiger partial charge in [0.15, 0.2) is 0 Å². The minimum Gasteiger partial charge on any atom is -0.465 e. The molecule has 1 fully saturated rings. The lowest BCUT2D eigenvalue weighted by Crippen LogP contribution is -2.50. The summed E-state index contributed by atoms with van der Waals surface area (Å²) in [6, 6.07) is 3.32. The Bertz CT molecular complexity index is 575. The maximum Gasteiger partial charge on any atom is 0.410 e. The van der Waals surface area contributed by atoms with E-state index < -0.39 is 5.60 Å². The van der Waals surface area contributed by atoms with Crippen LogP contribution in [-0.4, -0.2) is 60.8 Å². The van der Waals surface area contributed by atoms with Gasteiger partial charge in [-0.2, -0.15) is 0 Å². The second-order valence-corrected chi connectivity index (χ2v) is 6.35. The first-order valence-electron chi connectivity index (χ1n) is 7.57. The number of pyridine rings is 1. The molecule has 7 nitrogen and oxygen atoms in total. The van der Waals surface area contributed by atoms with Gasteiger partial charge in [0.2, 0.25) is 0 Å². The van der Waals surface area contributed by atoms with Crippen molar-refractivity contribution in [3.05, 3.63) is 23.9 Å². The van der Waals surface area contributed by atoms with Crippen molar-refractivity contribution in [3.8, 4) is 0 Å². The molecule has 1 aromatic heterocycles. The summed E-state index contributed by atoms with van der Waals surface area (Å²) in [7, 11) is 1.35. The van der Waals surface area contributed by atoms with Crippen LogP contribution in [0.15, 0.2) is 18.3 Å². The quantitative estimate of drug-likeness (QED) is 0.775. The molecule has 0 aliphatic carbocycles. The Morgan fingerprint density at radius 3 is 2.39 bits per heavy atom. The van der Waals surface area contributed by atoms with Gasteiger partial charge >= 0.3 is 12.1 Å². The molecule has 0 aromatic carbocycles. The molecule has 1 saturated heterocycles. The molecule has 1 aliphatic rings. The molecule has 0 spiro atoms. The molecule has 0 atom stereocenters. The molecule has 0 saturated carbocycles. The van der Waals surface area contributed by atoms with Crippen LogP contribution in [0.25, 0.3) is 0 Å². The van der Waals surface area contributed by atoms with Crippen molar-refractivity contribution in [2.75, 3.05) is 38.2 Å². The van der Waals surface area contributed by atoms with Gasteiger partial charge in [-0.05, 0) is 32.9 Å². The largest absolute Gasteiger partial charge is 0.465 e. The predicted molar refractivity (Wildman–Crippen MR) is 85.6 cm³/mol. The standard InChI is InChI=1S/C16H23N3O4/c1-16(2,3)23-15(21)19-9-7-18(8-10-19)13-11-12(5-6-17-13)14(20)22-4/h5-6,11H,7-10H2,1-4H3. The van der Waals surface area contributed by atoms with Crippen LogP contribution in [0.5, 0.6) is 0 Å². The van der Waals surface area contributed by atoms with Crippen molar-refractivity contribution in [1.82, 2.24) is 9.88 Å². The van der Waals surface area contributed by atoms with Gasteiger partial charge in [0, 0.05) is 32.4 Å². The van der Waals surface area contributed by atoms with Gasteiger partial charge in [0.1, 0.15) is 11.4 Å². The van der Waals surface area contributed by atoms with Gasteiger partial charge in [0.05, 0.1) is 12.7 Å². The number of amides is 1. The van der Waals surface area contributed by atoms with Crippen molar-refractivity contribution < 1.29 is 19.1 Å². The Morgan fingerprint density at radius 1 is 1.17 bits per heavy atom. The second kappa shape index (κ2) is 6.85. The third-order valence-corrected chi connectivity index (χ3v) is 3.42. The summed E-state index contributed by atoms with van der Waals surface area (Å²) < 4.78 is 10.1. The number of methoxy groups -OCH3 is 1. The molecule has 1 aliphatic heterocycles. The van der Waals surface area contributed by atoms with E-state index in [0.717, 1.165) is 0 Å². The summed E-state index contributed by atoms with van der Waals surface area (Å²) in [6.45, 7) is 7.93. The fourth-order valence-electron chi connectivity index (χ4n) is 2.28. The van der Waals surface area contributed by atoms with E-state index >= 15 is 0 Å². The van der Waals surface area contributed by atoms with E-state index in [1.54, 1.807) is 23.2 Å². The number of ether oxygens (including phenoxy) is 2. The summed E-state index contributed by atoms with van der Waals surface area (Å²) in [5.74, 6) is 0.317. The Morgan fingerprint density at radius 2 is 1.83 bits per heavy atom. The van der Waals surface area contributed by atoms with Crippen molar-refractivity contribution in [1.29, 1.82) is 0 Å². The predicted octanol–water partition coefficient (Wildman–Crippen LogP) is 1.93. The lowest BCUT2D eigenvalue weighted by molar-refractivity contribution is 0.0240. The van der Waals surface area contributed by atoms with Gasteiger partial charge in [0.25, 0.3) is 0 Å². The van der Waals surface area contributed by atoms with Crippen molar-refractivity contribution in [2.24, 2.45) is 0 Å². The van der Waals surface area contributed by atoms with Gasteiger partial charge < -0.3 is 19.3 Å². The number of hydrogen-bond donors (Lipinski definition) is 0. The monoisotopic (exact) mass is 321 g/mol. The smallest absolute Gasteiger partial charge is 0.410 e. The highest BCUT2D eigenvalue weighted by Crippen LogP contribution is 2.17. The van der Waals surface area contributed by atoms with Gasteiger partial charge in [-0.15, -0.1) is 0 Å². The molecule has 0 bridgehead atoms. The van der Waals surface area contributed by atoms with Gasteiger partial charge in [-0.1, -0.05) is 0 Å². The number of piperazine rings is 1. The minimum atomic E-state index is -0.495. The van der Waals surface area contributed by atoms with Crippen molar-refractivity contribution in [3.63, 3.8) is 0 Å². The van der Waals surface area contributed by atoms with Crippen LogP contribution in [0.4, 0.5) is 10.6 Å². The molecule has 0 unspecified atom stereocenters. The maximum atomic E-state index is 12.0. The van der Waals surface area contributed by atoms with E-state index in [2.05, 4.69) is 4.98 Å². The number of anilines is 1. The number of carbonyl (C=O) groups is 2. The minimum absolute atomic E-state index is 0.298. The molecule has 1 aromatic rings. The first-order valence-corrected chi connectivity index (χ1v) is 7.57. The number of esters is 1. The zero-order valence-electron chi connectivity index (χ0n) is 14.0. The van der Waals surface area contributed by atoms with Crippen molar-refractivity contribution >= 4 is 17.9 Å². The molecule has 2 heterocycles. The van der Waals surface area contributed by atoms with Gasteiger partial charge in [-0.25, -0.2) is 14.6 Å². The lowest BCUT2D eigenvalue weighted by atomic mass is 10.2. The highest BCUT2D eigenvalue weighted by Gasteiger charge is 2.26. The summed E-state index contributed by atoms with van der Waals surface area (Å²) in [6.07, 6.45) is 1.29. The Balaban J connectivity index is 1.97. The molecule has 7 heteroatoms. The third kappa shape index (κ3) is 4.58. The van der Waals surface area contributed by atoms with Gasteiger partial charge in [-0.3, -0.25) is 0 Å². The molecular formula is C16H23N3O4. The zero-order chi connectivity index (χ0) is 17.0. The summed E-state index contributed by atoms with van der Waals surface area (Å²) in [5.41, 5.74) is -0.0305. The van der Waals surface area contributed by atoms with Crippen LogP contribution in [0, 0.1) is 0 Å². The van der Waals surface area contributed by atoms with E-state index in [4.69, 9.17) is 9.47 Å². The van der Waals surface area contributed by atoms with E-state index in [-0.39, 0.29) is 12.1 Å². The number of carbonyl (C=O) groups excluding carboxylic acids is 2. The molecular weight excluding hydrogens is 298 g/mol. The summed E-state index contributed by atoms with van der Waals surface area (Å²) in [5, 5.41) is 0. The molecule has 23 heavy (non-hydrogen) atoms. The number of aromatic nitrogens is 1. The highest BCUT2D eigenvalue weighted by molar-refractivity contribution is 5.90. The van der Waals surface area contributed by atoms with E-state index in [9.17, 15) is 9.59 Å². The van der Waals surface area contributed by atoms with E-state index in [1.807, 2.05) is 25.7 Å². The molecule has 2 rings (SSSR count). The van der Waals surface area contributed by atoms with Crippen LogP contribution in [0.2, 0.25) is 0 Å². The van der Waals surface area contributed by atoms with E-state index in [0.29, 0.717) is 37.6 Å². The first-order chi connectivity index (χ1) is 10.8. The fourth-order valence-corrected chi connectivity index (χ4v) is 2.28. The molecule has 1 amide bonds. The topological polar surface area (TPSA) is 72.0 Å². The molecule has 0 N–H and O–H groups in total. The lowest BCUT2D eigenvalue weighted by Gasteiger charge is -2.36. The van der Waals surface area contributed by atoms with Crippen LogP contribution in [0.1, 0.15) is 31.1 Å². The zero-order valence-corrected chi connectivity index (χ0v) is 14.0. The number of nitrogens with zero attached hydrogens (tertiary/aromatic N) is 3. The highest BCUT2D eigenvalue weighted by atomic mass is 16.6. The van der Waals surface area contributed by atoms with Crippen molar-refractivity contribution in [2.45, 2.75) is 26.4 Å². The summed E-state index contributed by atoms with van der Waals surface area (Å²) in [4.78, 5) is 31.6. The summed E-state index contributed by atoms with van der Waals surface area (Å²) >= 11 is 0. The average Bonchev–Trinajstić information content (AvgIpc) is 2.53. The van der Waals surface area contributed by atoms with E-state index in [1.165, 1.54) is 7.11 Å². The van der Waals surface area contributed by atoms with Crippen LogP contribution in [-0.2, 0) is 9.47 Å². The normalized spacial score (nSPS) is 15.3. The maximum absolute atomic E-state index is 12.0. The third-order valence-electron chi connectivity index (χ3n) is 3.42. The Kier molecular flexibility index (Phi) is 5.08. The fraction of sp³-hybridized carbons (Fsp3) is 0.562. The number of hydrogen-bond acceptors (Lipinski definition) is 6. The van der Waals surface area contributed by atoms with Crippen LogP contribution >= 0.6 is 0 Å². The average molecular weight is 321 g/mol. The van der Waals surface area contributed by atoms with Crippen LogP contribution < -0.4 is 4.90 Å². The SMILES string of the molecule is COC(=O)c1ccnc(N2CCN(C(=O)OC(C)(C)C)CC2)c1. The van der Waals surface area contributed by atoms with Crippen LogP contribution in [0.3, 0.4) is 0 Å². The number of rotatable bonds is 2. The second-order valence-electron chi connectivity index (χ2n) is 6.35. The first kappa shape index (κ1) is 17.1. The molecule has 126 valence electrons. The molecule has 0 radical (unpaired) electrons.